The van der Waals surface area contributed by atoms with Gasteiger partial charge in [0.25, 0.3) is 0 Å². The molecule has 0 aliphatic rings. The molecule has 0 bridgehead atoms. The van der Waals surface area contributed by atoms with Gasteiger partial charge in [0.05, 0.1) is 5.69 Å². The average molecular weight is 689 g/mol. The zero-order chi connectivity index (χ0) is 36.2. The van der Waals surface area contributed by atoms with Crippen LogP contribution in [-0.2, 0) is 18.3 Å². The fourth-order valence-corrected chi connectivity index (χ4v) is 7.57. The predicted molar refractivity (Wildman–Crippen MR) is 224 cm³/mol. The van der Waals surface area contributed by atoms with E-state index in [1.807, 2.05) is 0 Å². The van der Waals surface area contributed by atoms with Crippen molar-refractivity contribution in [3.63, 3.8) is 0 Å². The lowest BCUT2D eigenvalue weighted by atomic mass is 9.85. The Morgan fingerprint density at radius 3 is 1.57 bits per heavy atom. The van der Waals surface area contributed by atoms with E-state index in [0.717, 1.165) is 18.7 Å². The van der Waals surface area contributed by atoms with E-state index in [1.54, 1.807) is 0 Å². The second kappa shape index (κ2) is 22.7. The van der Waals surface area contributed by atoms with Gasteiger partial charge < -0.3 is 0 Å². The Hall–Kier alpha value is -3.13. The first-order valence-electron chi connectivity index (χ1n) is 21.3. The van der Waals surface area contributed by atoms with Crippen LogP contribution in [0.5, 0.6) is 0 Å². The number of aromatic nitrogens is 2. The van der Waals surface area contributed by atoms with Gasteiger partial charge in [0.1, 0.15) is 5.82 Å². The van der Waals surface area contributed by atoms with Crippen molar-refractivity contribution in [3.05, 3.63) is 95.8 Å². The van der Waals surface area contributed by atoms with E-state index >= 15 is 0 Å². The summed E-state index contributed by atoms with van der Waals surface area (Å²) in [6.45, 7) is 11.7. The Morgan fingerprint density at radius 1 is 0.490 bits per heavy atom. The molecule has 0 atom stereocenters. The maximum atomic E-state index is 5.19. The summed E-state index contributed by atoms with van der Waals surface area (Å²) in [6, 6.07) is 27.1. The summed E-state index contributed by atoms with van der Waals surface area (Å²) in [4.78, 5) is 5.19. The Balaban J connectivity index is 1.54. The molecule has 51 heavy (non-hydrogen) atoms. The number of unbranched alkanes of at least 4 members (excludes halogenated alkanes) is 18. The van der Waals surface area contributed by atoms with Crippen LogP contribution in [0.25, 0.3) is 28.2 Å². The van der Waals surface area contributed by atoms with Gasteiger partial charge in [-0.15, -0.1) is 0 Å². The average Bonchev–Trinajstić information content (AvgIpc) is 3.56. The van der Waals surface area contributed by atoms with Crippen molar-refractivity contribution >= 4 is 0 Å². The first kappa shape index (κ1) is 40.6. The number of aryl methyl sites for hydroxylation is 2. The fraction of sp³-hybridized carbons (Fsp3) is 0.571. The molecule has 1 heterocycles. The van der Waals surface area contributed by atoms with Gasteiger partial charge >= 0.3 is 0 Å². The van der Waals surface area contributed by atoms with Crippen molar-refractivity contribution in [3.8, 4) is 28.2 Å². The molecule has 3 aromatic carbocycles. The minimum atomic E-state index is 0.117. The summed E-state index contributed by atoms with van der Waals surface area (Å²) >= 11 is 0. The Morgan fingerprint density at radius 2 is 1.00 bits per heavy atom. The summed E-state index contributed by atoms with van der Waals surface area (Å²) < 4.78 is 2.54. The molecule has 0 radical (unpaired) electrons. The van der Waals surface area contributed by atoms with E-state index in [-0.39, 0.29) is 5.41 Å². The number of imidazole rings is 1. The van der Waals surface area contributed by atoms with Crippen LogP contribution in [0.15, 0.2) is 79.0 Å². The number of benzene rings is 3. The molecular weight excluding hydrogens is 617 g/mol. The lowest BCUT2D eigenvalue weighted by molar-refractivity contribution is 0.554. The van der Waals surface area contributed by atoms with Gasteiger partial charge in [-0.1, -0.05) is 211 Å². The summed E-state index contributed by atoms with van der Waals surface area (Å²) in [5.74, 6) is 1.07. The van der Waals surface area contributed by atoms with E-state index in [2.05, 4.69) is 118 Å². The van der Waals surface area contributed by atoms with Gasteiger partial charge in [0, 0.05) is 17.5 Å². The van der Waals surface area contributed by atoms with Gasteiger partial charge in [-0.2, -0.15) is 0 Å². The Labute approximate surface area is 313 Å². The smallest absolute Gasteiger partial charge is 0.144 e. The minimum absolute atomic E-state index is 0.117. The van der Waals surface area contributed by atoms with Crippen LogP contribution < -0.4 is 0 Å². The molecule has 0 unspecified atom stereocenters. The van der Waals surface area contributed by atoms with Gasteiger partial charge in [0.15, 0.2) is 0 Å². The van der Waals surface area contributed by atoms with Crippen molar-refractivity contribution in [2.75, 3.05) is 0 Å². The van der Waals surface area contributed by atoms with Crippen LogP contribution in [0.4, 0.5) is 0 Å². The van der Waals surface area contributed by atoms with Crippen molar-refractivity contribution in [2.24, 2.45) is 0 Å². The topological polar surface area (TPSA) is 17.8 Å². The molecule has 278 valence electrons. The quantitative estimate of drug-likeness (QED) is 0.0634. The first-order valence-corrected chi connectivity index (χ1v) is 21.3. The highest BCUT2D eigenvalue weighted by Crippen LogP contribution is 2.33. The summed E-state index contributed by atoms with van der Waals surface area (Å²) in [6.07, 6.45) is 31.6. The van der Waals surface area contributed by atoms with Gasteiger partial charge in [-0.25, -0.2) is 4.98 Å². The number of hydrogen-bond acceptors (Lipinski definition) is 1. The summed E-state index contributed by atoms with van der Waals surface area (Å²) in [5, 5.41) is 0. The number of rotatable bonds is 25. The molecule has 0 N–H and O–H groups in total. The van der Waals surface area contributed by atoms with Gasteiger partial charge in [-0.05, 0) is 65.5 Å². The molecule has 2 heteroatoms. The van der Waals surface area contributed by atoms with E-state index in [4.69, 9.17) is 4.98 Å². The molecule has 0 amide bonds. The third-order valence-corrected chi connectivity index (χ3v) is 10.8. The molecule has 1 aromatic heterocycles. The van der Waals surface area contributed by atoms with Crippen LogP contribution in [0.2, 0.25) is 0 Å². The minimum Gasteiger partial charge on any atom is -0.297 e. The van der Waals surface area contributed by atoms with E-state index in [0.29, 0.717) is 0 Å². The second-order valence-electron chi connectivity index (χ2n) is 16.3. The van der Waals surface area contributed by atoms with E-state index in [9.17, 15) is 0 Å². The monoisotopic (exact) mass is 689 g/mol. The Kier molecular flexibility index (Phi) is 18.1. The molecular formula is C49H72N2. The second-order valence-corrected chi connectivity index (χ2v) is 16.3. The molecule has 0 aliphatic carbocycles. The highest BCUT2D eigenvalue weighted by molar-refractivity contribution is 5.71. The van der Waals surface area contributed by atoms with Gasteiger partial charge in [-0.3, -0.25) is 4.57 Å². The highest BCUT2D eigenvalue weighted by atomic mass is 15.1. The van der Waals surface area contributed by atoms with E-state index in [1.165, 1.54) is 168 Å². The highest BCUT2D eigenvalue weighted by Gasteiger charge is 2.20. The first-order chi connectivity index (χ1) is 24.9. The van der Waals surface area contributed by atoms with Crippen molar-refractivity contribution in [1.29, 1.82) is 0 Å². The SMILES string of the molecule is CCCCCCCCCCCCc1cc(C(C)(C)C)ccc1-n1c(CCCCCCCCCCCC)cnc1-c1cccc(-c2ccccc2)c1. The summed E-state index contributed by atoms with van der Waals surface area (Å²) in [7, 11) is 0. The van der Waals surface area contributed by atoms with Crippen LogP contribution in [0.3, 0.4) is 0 Å². The zero-order valence-electron chi connectivity index (χ0n) is 33.5. The number of hydrogen-bond donors (Lipinski definition) is 0. The molecule has 0 saturated carbocycles. The Bertz CT molecular complexity index is 1500. The predicted octanol–water partition coefficient (Wildman–Crippen LogP) is 15.4. The van der Waals surface area contributed by atoms with Crippen molar-refractivity contribution in [1.82, 2.24) is 9.55 Å². The molecule has 0 saturated heterocycles. The lowest BCUT2D eigenvalue weighted by Crippen LogP contribution is -2.13. The summed E-state index contributed by atoms with van der Waals surface area (Å²) in [5.41, 5.74) is 9.39. The standard InChI is InChI=1S/C49H72N2/c1-6-8-10-12-14-16-18-20-22-25-32-43-39-45(49(3,4)5)36-37-47(43)51-46(35-28-23-21-19-17-15-13-11-9-7-2)40-50-48(51)44-34-29-33-42(38-44)41-30-26-24-27-31-41/h24,26-27,29-31,33-34,36-40H,6-23,25,28,32,35H2,1-5H3. The molecule has 2 nitrogen and oxygen atoms in total. The third kappa shape index (κ3) is 13.7. The lowest BCUT2D eigenvalue weighted by Gasteiger charge is -2.23. The molecule has 0 spiro atoms. The maximum absolute atomic E-state index is 5.19. The van der Waals surface area contributed by atoms with E-state index < -0.39 is 0 Å². The normalized spacial score (nSPS) is 11.8. The zero-order valence-corrected chi connectivity index (χ0v) is 33.5. The van der Waals surface area contributed by atoms with Crippen LogP contribution in [0, 0.1) is 0 Å². The molecule has 0 aliphatic heterocycles. The molecule has 4 aromatic rings. The van der Waals surface area contributed by atoms with Crippen LogP contribution in [-0.4, -0.2) is 9.55 Å². The van der Waals surface area contributed by atoms with Crippen molar-refractivity contribution in [2.45, 2.75) is 181 Å². The van der Waals surface area contributed by atoms with Crippen LogP contribution >= 0.6 is 0 Å². The maximum Gasteiger partial charge on any atom is 0.144 e. The van der Waals surface area contributed by atoms with Crippen molar-refractivity contribution < 1.29 is 0 Å². The van der Waals surface area contributed by atoms with Gasteiger partial charge in [0.2, 0.25) is 0 Å². The number of nitrogens with zero attached hydrogens (tertiary/aromatic N) is 2. The van der Waals surface area contributed by atoms with Crippen LogP contribution in [0.1, 0.15) is 180 Å². The largest absolute Gasteiger partial charge is 0.297 e. The third-order valence-electron chi connectivity index (χ3n) is 10.8. The molecule has 0 fully saturated rings. The fourth-order valence-electron chi connectivity index (χ4n) is 7.57. The molecule has 4 rings (SSSR count).